The maximum atomic E-state index is 15.2. The van der Waals surface area contributed by atoms with Gasteiger partial charge >= 0.3 is 0 Å². The standard InChI is InChI=1S/C34H44F4/c1-3-5-6-8-27-19-20-28(32(36)31(27)35)18-13-24-11-16-26(17-12-24)30-22-21-29(33(37)34(30)38)25-14-9-23(7-4-2)10-15-25/h13,18-26H,3-12,14-17H2,1-2H3/b18-13+. The van der Waals surface area contributed by atoms with Crippen LogP contribution in [0.15, 0.2) is 30.3 Å². The smallest absolute Gasteiger partial charge is 0.166 e. The second-order valence-electron chi connectivity index (χ2n) is 11.7. The molecule has 4 rings (SSSR count). The zero-order valence-corrected chi connectivity index (χ0v) is 23.2. The van der Waals surface area contributed by atoms with Crippen LogP contribution in [-0.2, 0) is 6.42 Å². The van der Waals surface area contributed by atoms with Gasteiger partial charge in [0.15, 0.2) is 23.3 Å². The summed E-state index contributed by atoms with van der Waals surface area (Å²) in [6.07, 6.45) is 16.8. The Bertz CT molecular complexity index is 1070. The summed E-state index contributed by atoms with van der Waals surface area (Å²) in [4.78, 5) is 0. The van der Waals surface area contributed by atoms with Crippen LogP contribution in [0.3, 0.4) is 0 Å². The van der Waals surface area contributed by atoms with Gasteiger partial charge in [0, 0.05) is 5.56 Å². The minimum atomic E-state index is -0.777. The summed E-state index contributed by atoms with van der Waals surface area (Å²) in [5, 5.41) is 0. The lowest BCUT2D eigenvalue weighted by Crippen LogP contribution is -2.17. The Kier molecular flexibility index (Phi) is 10.5. The maximum absolute atomic E-state index is 15.2. The number of halogens is 4. The van der Waals surface area contributed by atoms with E-state index in [1.54, 1.807) is 18.2 Å². The molecule has 0 amide bonds. The van der Waals surface area contributed by atoms with Gasteiger partial charge in [0.2, 0.25) is 0 Å². The van der Waals surface area contributed by atoms with E-state index in [0.717, 1.165) is 76.5 Å². The zero-order chi connectivity index (χ0) is 27.1. The van der Waals surface area contributed by atoms with E-state index in [1.807, 2.05) is 18.2 Å². The number of hydrogen-bond donors (Lipinski definition) is 0. The molecule has 0 aliphatic heterocycles. The first-order valence-corrected chi connectivity index (χ1v) is 15.1. The van der Waals surface area contributed by atoms with E-state index in [9.17, 15) is 8.78 Å². The quantitative estimate of drug-likeness (QED) is 0.212. The molecule has 0 bridgehead atoms. The van der Waals surface area contributed by atoms with E-state index in [1.165, 1.54) is 12.8 Å². The van der Waals surface area contributed by atoms with Crippen molar-refractivity contribution in [2.75, 3.05) is 0 Å². The van der Waals surface area contributed by atoms with Crippen molar-refractivity contribution in [3.63, 3.8) is 0 Å². The summed E-state index contributed by atoms with van der Waals surface area (Å²) in [7, 11) is 0. The highest BCUT2D eigenvalue weighted by Gasteiger charge is 2.29. The van der Waals surface area contributed by atoms with Gasteiger partial charge in [-0.1, -0.05) is 75.9 Å². The lowest BCUT2D eigenvalue weighted by Gasteiger charge is -2.30. The Balaban J connectivity index is 1.34. The van der Waals surface area contributed by atoms with Crippen molar-refractivity contribution in [3.05, 3.63) is 75.9 Å². The van der Waals surface area contributed by atoms with Gasteiger partial charge in [-0.15, -0.1) is 0 Å². The van der Waals surface area contributed by atoms with Crippen LogP contribution in [0.4, 0.5) is 17.6 Å². The second kappa shape index (κ2) is 13.8. The Morgan fingerprint density at radius 1 is 0.658 bits per heavy atom. The number of hydrogen-bond acceptors (Lipinski definition) is 0. The van der Waals surface area contributed by atoms with Crippen molar-refractivity contribution in [2.45, 2.75) is 116 Å². The molecule has 0 aromatic heterocycles. The van der Waals surface area contributed by atoms with Crippen molar-refractivity contribution in [2.24, 2.45) is 11.8 Å². The Labute approximate surface area is 226 Å². The molecular weight excluding hydrogens is 484 g/mol. The lowest BCUT2D eigenvalue weighted by atomic mass is 9.75. The van der Waals surface area contributed by atoms with E-state index < -0.39 is 23.3 Å². The molecule has 2 fully saturated rings. The maximum Gasteiger partial charge on any atom is 0.166 e. The molecule has 2 aromatic carbocycles. The predicted octanol–water partition coefficient (Wildman–Crippen LogP) is 11.0. The zero-order valence-electron chi connectivity index (χ0n) is 23.2. The first kappa shape index (κ1) is 28.9. The molecule has 38 heavy (non-hydrogen) atoms. The average molecular weight is 529 g/mol. The normalized spacial score (nSPS) is 24.3. The van der Waals surface area contributed by atoms with E-state index in [2.05, 4.69) is 13.8 Å². The molecule has 0 unspecified atom stereocenters. The van der Waals surface area contributed by atoms with Gasteiger partial charge in [0.25, 0.3) is 0 Å². The van der Waals surface area contributed by atoms with Gasteiger partial charge in [-0.2, -0.15) is 0 Å². The summed E-state index contributed by atoms with van der Waals surface area (Å²) >= 11 is 0. The molecule has 0 spiro atoms. The van der Waals surface area contributed by atoms with Crippen LogP contribution in [-0.4, -0.2) is 0 Å². The van der Waals surface area contributed by atoms with Crippen LogP contribution >= 0.6 is 0 Å². The number of benzene rings is 2. The average Bonchev–Trinajstić information content (AvgIpc) is 2.93. The highest BCUT2D eigenvalue weighted by Crippen LogP contribution is 2.42. The summed E-state index contributed by atoms with van der Waals surface area (Å²) in [6.45, 7) is 4.29. The molecule has 4 heteroatoms. The topological polar surface area (TPSA) is 0 Å². The van der Waals surface area contributed by atoms with Crippen molar-refractivity contribution in [1.82, 2.24) is 0 Å². The van der Waals surface area contributed by atoms with Gasteiger partial charge < -0.3 is 0 Å². The minimum Gasteiger partial charge on any atom is -0.203 e. The fraction of sp³-hybridized carbons (Fsp3) is 0.588. The summed E-state index contributed by atoms with van der Waals surface area (Å²) in [6, 6.07) is 7.03. The van der Waals surface area contributed by atoms with Crippen LogP contribution in [0.2, 0.25) is 0 Å². The number of rotatable bonds is 10. The minimum absolute atomic E-state index is 0.0000697. The van der Waals surface area contributed by atoms with Gasteiger partial charge in [0.05, 0.1) is 0 Å². The molecule has 0 nitrogen and oxygen atoms in total. The number of aryl methyl sites for hydroxylation is 1. The largest absolute Gasteiger partial charge is 0.203 e. The molecule has 0 atom stereocenters. The molecule has 2 aliphatic rings. The molecule has 0 saturated heterocycles. The Morgan fingerprint density at radius 2 is 1.26 bits per heavy atom. The third-order valence-electron chi connectivity index (χ3n) is 9.13. The first-order chi connectivity index (χ1) is 18.4. The Hall–Kier alpha value is -2.10. The van der Waals surface area contributed by atoms with Gasteiger partial charge in [-0.25, -0.2) is 17.6 Å². The molecule has 0 N–H and O–H groups in total. The molecular formula is C34H44F4. The fourth-order valence-electron chi connectivity index (χ4n) is 6.73. The number of allylic oxidation sites excluding steroid dienone is 1. The lowest BCUT2D eigenvalue weighted by molar-refractivity contribution is 0.302. The van der Waals surface area contributed by atoms with Crippen LogP contribution in [0.1, 0.15) is 131 Å². The van der Waals surface area contributed by atoms with Gasteiger partial charge in [-0.3, -0.25) is 0 Å². The summed E-state index contributed by atoms with van der Waals surface area (Å²) in [5.74, 6) is -1.72. The molecule has 2 aromatic rings. The third-order valence-corrected chi connectivity index (χ3v) is 9.13. The van der Waals surface area contributed by atoms with E-state index >= 15 is 8.78 Å². The van der Waals surface area contributed by atoms with E-state index in [4.69, 9.17) is 0 Å². The van der Waals surface area contributed by atoms with Crippen LogP contribution in [0, 0.1) is 35.1 Å². The molecule has 0 radical (unpaired) electrons. The first-order valence-electron chi connectivity index (χ1n) is 15.1. The van der Waals surface area contributed by atoms with Gasteiger partial charge in [0.1, 0.15) is 0 Å². The SMILES string of the molecule is CCCCCc1ccc(/C=C/C2CCC(c3ccc(C4CCC(CCC)CC4)c(F)c3F)CC2)c(F)c1F. The molecule has 0 heterocycles. The molecule has 2 aliphatic carbocycles. The van der Waals surface area contributed by atoms with Crippen molar-refractivity contribution >= 4 is 6.08 Å². The van der Waals surface area contributed by atoms with Crippen molar-refractivity contribution in [1.29, 1.82) is 0 Å². The summed E-state index contributed by atoms with van der Waals surface area (Å²) < 4.78 is 59.5. The number of unbranched alkanes of at least 4 members (excludes halogenated alkanes) is 2. The fourth-order valence-corrected chi connectivity index (χ4v) is 6.73. The molecule has 208 valence electrons. The van der Waals surface area contributed by atoms with Crippen molar-refractivity contribution < 1.29 is 17.6 Å². The van der Waals surface area contributed by atoms with Gasteiger partial charge in [-0.05, 0) is 105 Å². The van der Waals surface area contributed by atoms with Crippen LogP contribution in [0.25, 0.3) is 6.08 Å². The van der Waals surface area contributed by atoms with E-state index in [-0.39, 0.29) is 23.3 Å². The monoisotopic (exact) mass is 528 g/mol. The van der Waals surface area contributed by atoms with Crippen LogP contribution < -0.4 is 0 Å². The highest BCUT2D eigenvalue weighted by molar-refractivity contribution is 5.51. The Morgan fingerprint density at radius 3 is 1.84 bits per heavy atom. The summed E-state index contributed by atoms with van der Waals surface area (Å²) in [5.41, 5.74) is 1.78. The molecule has 2 saturated carbocycles. The van der Waals surface area contributed by atoms with Crippen LogP contribution in [0.5, 0.6) is 0 Å². The predicted molar refractivity (Wildman–Crippen MR) is 149 cm³/mol. The second-order valence-corrected chi connectivity index (χ2v) is 11.7. The highest BCUT2D eigenvalue weighted by atomic mass is 19.2. The van der Waals surface area contributed by atoms with Crippen molar-refractivity contribution in [3.8, 4) is 0 Å². The van der Waals surface area contributed by atoms with E-state index in [0.29, 0.717) is 23.1 Å². The third kappa shape index (κ3) is 6.90.